The Balaban J connectivity index is 3.41. The highest BCUT2D eigenvalue weighted by molar-refractivity contribution is 5.76. The van der Waals surface area contributed by atoms with Gasteiger partial charge in [0.05, 0.1) is 25.4 Å². The van der Waals surface area contributed by atoms with Gasteiger partial charge in [-0.15, -0.1) is 0 Å². The van der Waals surface area contributed by atoms with Crippen LogP contribution in [0, 0.1) is 0 Å². The topological polar surface area (TPSA) is 95.9 Å². The van der Waals surface area contributed by atoms with Crippen LogP contribution in [0.1, 0.15) is 277 Å². The summed E-state index contributed by atoms with van der Waals surface area (Å²) >= 11 is 0. The normalized spacial score (nSPS) is 12.8. The predicted octanol–water partition coefficient (Wildman–Crippen LogP) is 15.5. The van der Waals surface area contributed by atoms with Crippen LogP contribution >= 0.6 is 0 Å². The fraction of sp³-hybridized carbons (Fsp3) is 0.887. The van der Waals surface area contributed by atoms with Gasteiger partial charge in [0.15, 0.2) is 0 Å². The SMILES string of the molecule is CCCCCC/C=C\C/C=C\CCCCCCCC(=O)OCCCCCCCCCCCCCCCCCCC(=O)NC(CO)C(O)CCCCCCCCCCCC. The molecule has 348 valence electrons. The van der Waals surface area contributed by atoms with Gasteiger partial charge in [-0.25, -0.2) is 0 Å². The number of esters is 1. The molecule has 2 atom stereocenters. The third-order valence-corrected chi connectivity index (χ3v) is 12.0. The van der Waals surface area contributed by atoms with Crippen LogP contribution < -0.4 is 5.32 Å². The van der Waals surface area contributed by atoms with Crippen LogP contribution in [-0.2, 0) is 14.3 Å². The van der Waals surface area contributed by atoms with Gasteiger partial charge in [0.2, 0.25) is 5.91 Å². The maximum atomic E-state index is 12.4. The highest BCUT2D eigenvalue weighted by Gasteiger charge is 2.20. The molecule has 0 aromatic rings. The second kappa shape index (κ2) is 49.0. The van der Waals surface area contributed by atoms with E-state index in [-0.39, 0.29) is 18.5 Å². The summed E-state index contributed by atoms with van der Waals surface area (Å²) in [5, 5.41) is 23.1. The highest BCUT2D eigenvalue weighted by atomic mass is 16.5. The van der Waals surface area contributed by atoms with E-state index in [1.165, 1.54) is 186 Å². The van der Waals surface area contributed by atoms with E-state index in [1.807, 2.05) is 0 Å². The zero-order valence-electron chi connectivity index (χ0n) is 39.5. The Labute approximate surface area is 367 Å². The number of carbonyl (C=O) groups is 2. The molecule has 0 aromatic heterocycles. The fourth-order valence-electron chi connectivity index (χ4n) is 7.96. The lowest BCUT2D eigenvalue weighted by molar-refractivity contribution is -0.143. The van der Waals surface area contributed by atoms with Crippen molar-refractivity contribution >= 4 is 11.9 Å². The minimum atomic E-state index is -0.667. The summed E-state index contributed by atoms with van der Waals surface area (Å²) in [5.41, 5.74) is 0. The number of hydrogen-bond donors (Lipinski definition) is 3. The first-order valence-corrected chi connectivity index (χ1v) is 26.1. The van der Waals surface area contributed by atoms with Gasteiger partial charge in [-0.2, -0.15) is 0 Å². The molecule has 0 saturated heterocycles. The van der Waals surface area contributed by atoms with Gasteiger partial charge in [-0.1, -0.05) is 231 Å². The lowest BCUT2D eigenvalue weighted by Crippen LogP contribution is -2.45. The minimum absolute atomic E-state index is 0.0106. The first-order valence-electron chi connectivity index (χ1n) is 26.1. The molecule has 0 aliphatic carbocycles. The molecule has 2 unspecified atom stereocenters. The standard InChI is InChI=1S/C53H101NO5/c1-3-5-7-9-11-13-15-16-17-21-24-27-31-35-39-43-47-53(58)59-48-44-40-36-32-28-25-22-19-18-20-23-26-30-34-38-42-46-52(57)54-50(49-55)51(56)45-41-37-33-29-14-12-10-8-6-4-2/h13,15,17,21,50-51,55-56H,3-12,14,16,18-20,22-49H2,1-2H3,(H,54,57)/b15-13-,21-17-. The summed E-state index contributed by atoms with van der Waals surface area (Å²) < 4.78 is 5.46. The number of amides is 1. The number of unbranched alkanes of at least 4 members (excludes halogenated alkanes) is 33. The van der Waals surface area contributed by atoms with Crippen LogP contribution in [0.15, 0.2) is 24.3 Å². The van der Waals surface area contributed by atoms with Crippen LogP contribution in [0.5, 0.6) is 0 Å². The Morgan fingerprint density at radius 1 is 0.475 bits per heavy atom. The van der Waals surface area contributed by atoms with Gasteiger partial charge in [0.25, 0.3) is 0 Å². The number of aliphatic hydroxyl groups excluding tert-OH is 2. The molecule has 0 fully saturated rings. The van der Waals surface area contributed by atoms with Crippen molar-refractivity contribution in [3.63, 3.8) is 0 Å². The molecule has 0 aromatic carbocycles. The van der Waals surface area contributed by atoms with Gasteiger partial charge < -0.3 is 20.3 Å². The molecule has 1 amide bonds. The molecule has 0 aliphatic heterocycles. The summed E-state index contributed by atoms with van der Waals surface area (Å²) in [6.45, 7) is 4.90. The molecular weight excluding hydrogens is 731 g/mol. The first-order chi connectivity index (χ1) is 29.0. The molecule has 6 heteroatoms. The van der Waals surface area contributed by atoms with Crippen molar-refractivity contribution in [1.82, 2.24) is 5.32 Å². The van der Waals surface area contributed by atoms with Crippen LogP contribution in [0.25, 0.3) is 0 Å². The third kappa shape index (κ3) is 45.7. The van der Waals surface area contributed by atoms with E-state index in [4.69, 9.17) is 4.74 Å². The van der Waals surface area contributed by atoms with Crippen molar-refractivity contribution in [3.8, 4) is 0 Å². The smallest absolute Gasteiger partial charge is 0.305 e. The van der Waals surface area contributed by atoms with Gasteiger partial charge in [-0.3, -0.25) is 9.59 Å². The fourth-order valence-corrected chi connectivity index (χ4v) is 7.96. The quantitative estimate of drug-likeness (QED) is 0.0322. The van der Waals surface area contributed by atoms with E-state index in [2.05, 4.69) is 43.5 Å². The van der Waals surface area contributed by atoms with Gasteiger partial charge >= 0.3 is 5.97 Å². The van der Waals surface area contributed by atoms with Crippen LogP contribution in [-0.4, -0.2) is 47.4 Å². The summed E-state index contributed by atoms with van der Waals surface area (Å²) in [6.07, 6.45) is 57.2. The Morgan fingerprint density at radius 3 is 1.31 bits per heavy atom. The maximum Gasteiger partial charge on any atom is 0.305 e. The second-order valence-corrected chi connectivity index (χ2v) is 17.9. The summed E-state index contributed by atoms with van der Waals surface area (Å²) in [7, 11) is 0. The molecule has 3 N–H and O–H groups in total. The Bertz CT molecular complexity index is 920. The summed E-state index contributed by atoms with van der Waals surface area (Å²) in [4.78, 5) is 24.4. The number of ether oxygens (including phenoxy) is 1. The number of hydrogen-bond acceptors (Lipinski definition) is 5. The van der Waals surface area contributed by atoms with E-state index in [0.29, 0.717) is 25.9 Å². The average Bonchev–Trinajstić information content (AvgIpc) is 3.24. The lowest BCUT2D eigenvalue weighted by atomic mass is 10.0. The Hall–Kier alpha value is -1.66. The first kappa shape index (κ1) is 57.3. The number of allylic oxidation sites excluding steroid dienone is 4. The highest BCUT2D eigenvalue weighted by Crippen LogP contribution is 2.16. The lowest BCUT2D eigenvalue weighted by Gasteiger charge is -2.22. The molecular formula is C53H101NO5. The molecule has 0 radical (unpaired) electrons. The van der Waals surface area contributed by atoms with Crippen molar-refractivity contribution in [1.29, 1.82) is 0 Å². The molecule has 0 bridgehead atoms. The second-order valence-electron chi connectivity index (χ2n) is 17.9. The van der Waals surface area contributed by atoms with Gasteiger partial charge in [0.1, 0.15) is 0 Å². The molecule has 6 nitrogen and oxygen atoms in total. The van der Waals surface area contributed by atoms with Crippen molar-refractivity contribution in [2.45, 2.75) is 289 Å². The summed E-state index contributed by atoms with van der Waals surface area (Å²) in [5.74, 6) is -0.0547. The van der Waals surface area contributed by atoms with Crippen LogP contribution in [0.3, 0.4) is 0 Å². The number of aliphatic hydroxyl groups is 2. The van der Waals surface area contributed by atoms with Crippen LogP contribution in [0.2, 0.25) is 0 Å². The molecule has 59 heavy (non-hydrogen) atoms. The van der Waals surface area contributed by atoms with Gasteiger partial charge in [0, 0.05) is 12.8 Å². The molecule has 0 spiro atoms. The van der Waals surface area contributed by atoms with Crippen molar-refractivity contribution in [3.05, 3.63) is 24.3 Å². The van der Waals surface area contributed by atoms with E-state index >= 15 is 0 Å². The predicted molar refractivity (Wildman–Crippen MR) is 255 cm³/mol. The van der Waals surface area contributed by atoms with Crippen molar-refractivity contribution < 1.29 is 24.5 Å². The average molecular weight is 832 g/mol. The Kier molecular flexibility index (Phi) is 47.6. The molecule has 0 saturated carbocycles. The molecule has 0 aliphatic rings. The third-order valence-electron chi connectivity index (χ3n) is 12.0. The van der Waals surface area contributed by atoms with E-state index in [1.54, 1.807) is 0 Å². The van der Waals surface area contributed by atoms with E-state index in [0.717, 1.165) is 57.8 Å². The van der Waals surface area contributed by atoms with Crippen molar-refractivity contribution in [2.75, 3.05) is 13.2 Å². The van der Waals surface area contributed by atoms with E-state index in [9.17, 15) is 19.8 Å². The molecule has 0 rings (SSSR count). The van der Waals surface area contributed by atoms with Gasteiger partial charge in [-0.05, 0) is 57.8 Å². The summed E-state index contributed by atoms with van der Waals surface area (Å²) in [6, 6.07) is -0.545. The largest absolute Gasteiger partial charge is 0.466 e. The number of rotatable bonds is 48. The maximum absolute atomic E-state index is 12.4. The zero-order valence-corrected chi connectivity index (χ0v) is 39.5. The number of nitrogens with one attached hydrogen (secondary N) is 1. The zero-order chi connectivity index (χ0) is 43.0. The van der Waals surface area contributed by atoms with Crippen molar-refractivity contribution in [2.24, 2.45) is 0 Å². The molecule has 0 heterocycles. The van der Waals surface area contributed by atoms with E-state index < -0.39 is 12.1 Å². The number of carbonyl (C=O) groups excluding carboxylic acids is 2. The Morgan fingerprint density at radius 2 is 0.847 bits per heavy atom. The minimum Gasteiger partial charge on any atom is -0.466 e. The monoisotopic (exact) mass is 832 g/mol. The van der Waals surface area contributed by atoms with Crippen LogP contribution in [0.4, 0.5) is 0 Å².